The minimum atomic E-state index is -0.984. The number of anilines is 2. The SMILES string of the molecule is COc1ccc(N2C(=S)N[C@H](c3ccccn3)[C@H]2c2ccc(-c3ccc(C(=O)O)cc3C)o2)cc1NC(C)=O. The summed E-state index contributed by atoms with van der Waals surface area (Å²) in [5.41, 5.74) is 3.80. The number of carboxylic acids is 1. The van der Waals surface area contributed by atoms with Gasteiger partial charge in [-0.25, -0.2) is 4.79 Å². The van der Waals surface area contributed by atoms with Crippen molar-refractivity contribution in [1.82, 2.24) is 10.3 Å². The van der Waals surface area contributed by atoms with Gasteiger partial charge in [-0.15, -0.1) is 0 Å². The van der Waals surface area contributed by atoms with Gasteiger partial charge in [0.25, 0.3) is 0 Å². The monoisotopic (exact) mass is 542 g/mol. The summed E-state index contributed by atoms with van der Waals surface area (Å²) in [6, 6.07) is 19.1. The van der Waals surface area contributed by atoms with Gasteiger partial charge in [0.2, 0.25) is 5.91 Å². The van der Waals surface area contributed by atoms with E-state index in [2.05, 4.69) is 15.6 Å². The number of hydrogen-bond acceptors (Lipinski definition) is 6. The lowest BCUT2D eigenvalue weighted by atomic mass is 10.0. The Balaban J connectivity index is 1.60. The average Bonchev–Trinajstić information content (AvgIpc) is 3.53. The zero-order chi connectivity index (χ0) is 27.7. The standard InChI is InChI=1S/C29H26N4O5S/c1-16-14-18(28(35)36)7-9-20(16)23-11-12-25(38-23)27-26(21-6-4-5-13-30-21)32-29(39)33(27)19-8-10-24(37-3)22(15-19)31-17(2)34/h4-15,26-27H,1-3H3,(H,31,34)(H,32,39)(H,35,36)/t26-,27-/m1/s1. The van der Waals surface area contributed by atoms with Gasteiger partial charge in [0.05, 0.1) is 30.1 Å². The van der Waals surface area contributed by atoms with Gasteiger partial charge >= 0.3 is 5.97 Å². The fraction of sp³-hybridized carbons (Fsp3) is 0.172. The Kier molecular flexibility index (Phi) is 7.03. The van der Waals surface area contributed by atoms with Crippen LogP contribution in [0.3, 0.4) is 0 Å². The summed E-state index contributed by atoms with van der Waals surface area (Å²) < 4.78 is 11.8. The Hall–Kier alpha value is -4.70. The number of furan rings is 1. The molecule has 3 N–H and O–H groups in total. The highest BCUT2D eigenvalue weighted by atomic mass is 32.1. The topological polar surface area (TPSA) is 117 Å². The van der Waals surface area contributed by atoms with Crippen molar-refractivity contribution in [1.29, 1.82) is 0 Å². The van der Waals surface area contributed by atoms with E-state index >= 15 is 0 Å². The lowest BCUT2D eigenvalue weighted by molar-refractivity contribution is -0.114. The molecular formula is C29H26N4O5S. The van der Waals surface area contributed by atoms with Crippen molar-refractivity contribution in [2.45, 2.75) is 25.9 Å². The lowest BCUT2D eigenvalue weighted by Gasteiger charge is -2.27. The van der Waals surface area contributed by atoms with Crippen LogP contribution in [0.5, 0.6) is 5.75 Å². The van der Waals surface area contributed by atoms with Crippen molar-refractivity contribution >= 4 is 40.6 Å². The molecule has 1 saturated heterocycles. The molecule has 1 fully saturated rings. The number of nitrogens with one attached hydrogen (secondary N) is 2. The van der Waals surface area contributed by atoms with Gasteiger partial charge < -0.3 is 29.8 Å². The van der Waals surface area contributed by atoms with E-state index in [1.807, 2.05) is 48.2 Å². The number of amides is 1. The summed E-state index contributed by atoms with van der Waals surface area (Å²) in [6.45, 7) is 3.28. The Bertz CT molecular complexity index is 1570. The first-order valence-corrected chi connectivity index (χ1v) is 12.6. The van der Waals surface area contributed by atoms with Crippen LogP contribution in [0.15, 0.2) is 77.3 Å². The second kappa shape index (κ2) is 10.6. The summed E-state index contributed by atoms with van der Waals surface area (Å²) in [6.07, 6.45) is 1.73. The number of carbonyl (C=O) groups excluding carboxylic acids is 1. The molecule has 198 valence electrons. The number of benzene rings is 2. The molecule has 2 aromatic heterocycles. The molecule has 0 spiro atoms. The normalized spacial score (nSPS) is 16.6. The Morgan fingerprint density at radius 3 is 2.62 bits per heavy atom. The number of carbonyl (C=O) groups is 2. The van der Waals surface area contributed by atoms with E-state index < -0.39 is 12.0 Å². The van der Waals surface area contributed by atoms with Crippen molar-refractivity contribution in [3.63, 3.8) is 0 Å². The molecule has 0 unspecified atom stereocenters. The Labute approximate surface area is 230 Å². The van der Waals surface area contributed by atoms with Crippen LogP contribution in [-0.2, 0) is 4.79 Å². The number of pyridine rings is 1. The molecule has 0 aliphatic carbocycles. The van der Waals surface area contributed by atoms with E-state index in [1.54, 1.807) is 36.5 Å². The summed E-state index contributed by atoms with van der Waals surface area (Å²) in [7, 11) is 1.54. The molecule has 4 aromatic rings. The maximum absolute atomic E-state index is 11.9. The molecule has 3 heterocycles. The molecule has 2 atom stereocenters. The molecule has 39 heavy (non-hydrogen) atoms. The third-order valence-corrected chi connectivity index (χ3v) is 6.84. The lowest BCUT2D eigenvalue weighted by Crippen LogP contribution is -2.29. The second-order valence-electron chi connectivity index (χ2n) is 9.10. The van der Waals surface area contributed by atoms with E-state index in [0.717, 1.165) is 22.5 Å². The number of aromatic nitrogens is 1. The molecule has 10 heteroatoms. The minimum Gasteiger partial charge on any atom is -0.495 e. The van der Waals surface area contributed by atoms with Gasteiger partial charge in [-0.1, -0.05) is 12.1 Å². The molecule has 1 aliphatic heterocycles. The summed E-state index contributed by atoms with van der Waals surface area (Å²) in [4.78, 5) is 29.7. The van der Waals surface area contributed by atoms with Crippen LogP contribution in [0, 0.1) is 6.92 Å². The quantitative estimate of drug-likeness (QED) is 0.261. The van der Waals surface area contributed by atoms with Crippen LogP contribution in [0.25, 0.3) is 11.3 Å². The number of ether oxygens (including phenoxy) is 1. The molecule has 5 rings (SSSR count). The number of aryl methyl sites for hydroxylation is 1. The molecule has 0 saturated carbocycles. The van der Waals surface area contributed by atoms with E-state index in [4.69, 9.17) is 21.4 Å². The van der Waals surface area contributed by atoms with Gasteiger partial charge in [0.15, 0.2) is 5.11 Å². The zero-order valence-electron chi connectivity index (χ0n) is 21.5. The van der Waals surface area contributed by atoms with Crippen LogP contribution >= 0.6 is 12.2 Å². The van der Waals surface area contributed by atoms with Crippen LogP contribution in [0.4, 0.5) is 11.4 Å². The summed E-state index contributed by atoms with van der Waals surface area (Å²) >= 11 is 5.80. The number of aromatic carboxylic acids is 1. The highest BCUT2D eigenvalue weighted by Gasteiger charge is 2.43. The van der Waals surface area contributed by atoms with E-state index in [9.17, 15) is 14.7 Å². The summed E-state index contributed by atoms with van der Waals surface area (Å²) in [5, 5.41) is 16.0. The van der Waals surface area contributed by atoms with Gasteiger partial charge in [-0.3, -0.25) is 9.78 Å². The van der Waals surface area contributed by atoms with E-state index in [1.165, 1.54) is 14.0 Å². The maximum atomic E-state index is 11.9. The van der Waals surface area contributed by atoms with Crippen molar-refractivity contribution in [3.8, 4) is 17.1 Å². The van der Waals surface area contributed by atoms with Crippen LogP contribution < -0.4 is 20.3 Å². The number of carboxylic acid groups (broad SMARTS) is 1. The van der Waals surface area contributed by atoms with E-state index in [0.29, 0.717) is 28.1 Å². The van der Waals surface area contributed by atoms with Crippen LogP contribution in [0.2, 0.25) is 0 Å². The fourth-order valence-electron chi connectivity index (χ4n) is 4.78. The fourth-order valence-corrected chi connectivity index (χ4v) is 5.13. The smallest absolute Gasteiger partial charge is 0.335 e. The molecule has 9 nitrogen and oxygen atoms in total. The first-order chi connectivity index (χ1) is 18.8. The largest absolute Gasteiger partial charge is 0.495 e. The second-order valence-corrected chi connectivity index (χ2v) is 9.49. The predicted molar refractivity (Wildman–Crippen MR) is 151 cm³/mol. The predicted octanol–water partition coefficient (Wildman–Crippen LogP) is 5.49. The number of hydrogen-bond donors (Lipinski definition) is 3. The molecule has 1 aliphatic rings. The van der Waals surface area contributed by atoms with Crippen molar-refractivity contribution in [3.05, 3.63) is 95.5 Å². The Morgan fingerprint density at radius 2 is 1.95 bits per heavy atom. The molecular weight excluding hydrogens is 516 g/mol. The first kappa shape index (κ1) is 25.9. The minimum absolute atomic E-state index is 0.212. The van der Waals surface area contributed by atoms with Gasteiger partial charge in [-0.05, 0) is 79.3 Å². The molecule has 0 radical (unpaired) electrons. The molecule has 1 amide bonds. The zero-order valence-corrected chi connectivity index (χ0v) is 22.3. The van der Waals surface area contributed by atoms with Crippen LogP contribution in [0.1, 0.15) is 46.4 Å². The van der Waals surface area contributed by atoms with E-state index in [-0.39, 0.29) is 17.5 Å². The highest BCUT2D eigenvalue weighted by Crippen LogP contribution is 2.44. The average molecular weight is 543 g/mol. The first-order valence-electron chi connectivity index (χ1n) is 12.2. The third kappa shape index (κ3) is 5.06. The number of rotatable bonds is 7. The highest BCUT2D eigenvalue weighted by molar-refractivity contribution is 7.80. The van der Waals surface area contributed by atoms with Gasteiger partial charge in [-0.2, -0.15) is 0 Å². The van der Waals surface area contributed by atoms with Crippen molar-refractivity contribution in [2.75, 3.05) is 17.3 Å². The van der Waals surface area contributed by atoms with Gasteiger partial charge in [0, 0.05) is 24.4 Å². The number of methoxy groups -OCH3 is 1. The van der Waals surface area contributed by atoms with Crippen molar-refractivity contribution in [2.24, 2.45) is 0 Å². The number of nitrogens with zero attached hydrogens (tertiary/aromatic N) is 2. The molecule has 0 bridgehead atoms. The third-order valence-electron chi connectivity index (χ3n) is 6.53. The Morgan fingerprint density at radius 1 is 1.13 bits per heavy atom. The van der Waals surface area contributed by atoms with Crippen LogP contribution in [-0.4, -0.2) is 34.2 Å². The summed E-state index contributed by atoms with van der Waals surface area (Å²) in [5.74, 6) is 0.542. The maximum Gasteiger partial charge on any atom is 0.335 e. The van der Waals surface area contributed by atoms with Crippen molar-refractivity contribution < 1.29 is 23.8 Å². The molecule has 2 aromatic carbocycles. The van der Waals surface area contributed by atoms with Gasteiger partial charge in [0.1, 0.15) is 23.3 Å². The number of thiocarbonyl (C=S) groups is 1.